The van der Waals surface area contributed by atoms with Gasteiger partial charge in [0.25, 0.3) is 0 Å². The largest absolute Gasteiger partial charge is 0.497 e. The first kappa shape index (κ1) is 20.4. The second kappa shape index (κ2) is 9.28. The predicted octanol–water partition coefficient (Wildman–Crippen LogP) is 3.47. The van der Waals surface area contributed by atoms with Gasteiger partial charge in [-0.25, -0.2) is 4.98 Å². The van der Waals surface area contributed by atoms with Gasteiger partial charge in [-0.05, 0) is 54.1 Å². The first-order valence-corrected chi connectivity index (χ1v) is 10.8. The highest BCUT2D eigenvalue weighted by Crippen LogP contribution is 2.38. The van der Waals surface area contributed by atoms with Gasteiger partial charge in [0.05, 0.1) is 31.2 Å². The molecule has 1 fully saturated rings. The number of carbonyl (C=O) groups is 1. The molecule has 7 heteroatoms. The van der Waals surface area contributed by atoms with Crippen LogP contribution in [-0.4, -0.2) is 56.2 Å². The Morgan fingerprint density at radius 2 is 1.53 bits per heavy atom. The van der Waals surface area contributed by atoms with E-state index in [1.165, 1.54) is 0 Å². The summed E-state index contributed by atoms with van der Waals surface area (Å²) in [4.78, 5) is 20.6. The molecular weight excluding hydrogens is 398 g/mol. The molecule has 1 amide bonds. The van der Waals surface area contributed by atoms with E-state index in [2.05, 4.69) is 5.32 Å². The molecule has 6 nitrogen and oxygen atoms in total. The molecule has 0 spiro atoms. The molecule has 156 valence electrons. The van der Waals surface area contributed by atoms with E-state index in [-0.39, 0.29) is 5.91 Å². The van der Waals surface area contributed by atoms with Gasteiger partial charge < -0.3 is 19.7 Å². The van der Waals surface area contributed by atoms with Gasteiger partial charge in [0.1, 0.15) is 16.5 Å². The summed E-state index contributed by atoms with van der Waals surface area (Å²) in [6.45, 7) is 3.19. The Labute approximate surface area is 180 Å². The van der Waals surface area contributed by atoms with Gasteiger partial charge in [-0.3, -0.25) is 4.79 Å². The van der Waals surface area contributed by atoms with Crippen LogP contribution in [0.5, 0.6) is 11.5 Å². The van der Waals surface area contributed by atoms with E-state index in [4.69, 9.17) is 14.5 Å². The third-order valence-electron chi connectivity index (χ3n) is 5.16. The third kappa shape index (κ3) is 4.47. The number of thiazole rings is 1. The maximum atomic E-state index is 12.8. The van der Waals surface area contributed by atoms with E-state index < -0.39 is 0 Å². The number of aromatic nitrogens is 1. The molecule has 2 aromatic carbocycles. The number of methoxy groups -OCH3 is 2. The van der Waals surface area contributed by atoms with Crippen molar-refractivity contribution in [3.05, 3.63) is 53.5 Å². The zero-order chi connectivity index (χ0) is 20.9. The zero-order valence-electron chi connectivity index (χ0n) is 17.2. The molecule has 2 heterocycles. The molecule has 0 radical (unpaired) electrons. The molecule has 1 aromatic heterocycles. The molecule has 1 aliphatic heterocycles. The lowest BCUT2D eigenvalue weighted by Crippen LogP contribution is -2.46. The van der Waals surface area contributed by atoms with Crippen LogP contribution in [0.2, 0.25) is 0 Å². The quantitative estimate of drug-likeness (QED) is 0.658. The van der Waals surface area contributed by atoms with Crippen molar-refractivity contribution < 1.29 is 14.3 Å². The standard InChI is InChI=1S/C23H25N3O3S/c1-28-18-7-3-16(4-8-18)22-23(17-5-9-19(29-2)10-6-17)30-20(25-22)15-21(27)26-13-11-24-12-14-26/h3-10,24H,11-15H2,1-2H3. The minimum absolute atomic E-state index is 0.132. The molecular formula is C23H25N3O3S. The van der Waals surface area contributed by atoms with Crippen molar-refractivity contribution in [2.45, 2.75) is 6.42 Å². The lowest BCUT2D eigenvalue weighted by Gasteiger charge is -2.27. The smallest absolute Gasteiger partial charge is 0.229 e. The number of carbonyl (C=O) groups excluding carboxylic acids is 1. The first-order chi connectivity index (χ1) is 14.7. The summed E-state index contributed by atoms with van der Waals surface area (Å²) in [5.41, 5.74) is 2.94. The second-order valence-corrected chi connectivity index (χ2v) is 8.13. The summed E-state index contributed by atoms with van der Waals surface area (Å²) < 4.78 is 10.6. The van der Waals surface area contributed by atoms with Crippen LogP contribution in [0.25, 0.3) is 21.7 Å². The van der Waals surface area contributed by atoms with E-state index in [1.807, 2.05) is 53.4 Å². The number of nitrogens with zero attached hydrogens (tertiary/aromatic N) is 2. The Kier molecular flexibility index (Phi) is 6.30. The van der Waals surface area contributed by atoms with Crippen LogP contribution >= 0.6 is 11.3 Å². The topological polar surface area (TPSA) is 63.7 Å². The Morgan fingerprint density at radius 3 is 2.10 bits per heavy atom. The number of ether oxygens (including phenoxy) is 2. The number of hydrogen-bond donors (Lipinski definition) is 1. The van der Waals surface area contributed by atoms with Gasteiger partial charge in [0.15, 0.2) is 0 Å². The van der Waals surface area contributed by atoms with Crippen LogP contribution < -0.4 is 14.8 Å². The normalized spacial score (nSPS) is 13.9. The maximum Gasteiger partial charge on any atom is 0.229 e. The molecule has 0 aliphatic carbocycles. The van der Waals surface area contributed by atoms with Crippen LogP contribution in [0.3, 0.4) is 0 Å². The molecule has 4 rings (SSSR count). The highest BCUT2D eigenvalue weighted by atomic mass is 32.1. The Bertz CT molecular complexity index is 929. The average Bonchev–Trinajstić information content (AvgIpc) is 3.23. The van der Waals surface area contributed by atoms with Crippen LogP contribution in [0, 0.1) is 0 Å². The maximum absolute atomic E-state index is 12.8. The number of amides is 1. The van der Waals surface area contributed by atoms with E-state index in [0.717, 1.165) is 64.4 Å². The van der Waals surface area contributed by atoms with Crippen LogP contribution in [0.1, 0.15) is 5.01 Å². The monoisotopic (exact) mass is 423 g/mol. The van der Waals surface area contributed by atoms with Gasteiger partial charge in [0, 0.05) is 31.7 Å². The summed E-state index contributed by atoms with van der Waals surface area (Å²) in [6.07, 6.45) is 0.323. The Morgan fingerprint density at radius 1 is 0.967 bits per heavy atom. The van der Waals surface area contributed by atoms with Gasteiger partial charge in [-0.1, -0.05) is 0 Å². The van der Waals surface area contributed by atoms with Crippen LogP contribution in [0.4, 0.5) is 0 Å². The SMILES string of the molecule is COc1ccc(-c2nc(CC(=O)N3CCNCC3)sc2-c2ccc(OC)cc2)cc1. The number of benzene rings is 2. The van der Waals surface area contributed by atoms with Crippen molar-refractivity contribution in [3.8, 4) is 33.2 Å². The summed E-state index contributed by atoms with van der Waals surface area (Å²) in [5.74, 6) is 1.74. The molecule has 1 N–H and O–H groups in total. The van der Waals surface area contributed by atoms with Gasteiger partial charge >= 0.3 is 0 Å². The van der Waals surface area contributed by atoms with Gasteiger partial charge in [-0.2, -0.15) is 0 Å². The summed E-state index contributed by atoms with van der Waals surface area (Å²) in [5, 5.41) is 4.11. The van der Waals surface area contributed by atoms with Crippen LogP contribution in [-0.2, 0) is 11.2 Å². The molecule has 1 aliphatic rings. The van der Waals surface area contributed by atoms with Crippen molar-refractivity contribution >= 4 is 17.2 Å². The van der Waals surface area contributed by atoms with Gasteiger partial charge in [-0.15, -0.1) is 11.3 Å². The molecule has 1 saturated heterocycles. The van der Waals surface area contributed by atoms with Crippen LogP contribution in [0.15, 0.2) is 48.5 Å². The zero-order valence-corrected chi connectivity index (χ0v) is 18.0. The van der Waals surface area contributed by atoms with E-state index >= 15 is 0 Å². The highest BCUT2D eigenvalue weighted by molar-refractivity contribution is 7.15. The second-order valence-electron chi connectivity index (χ2n) is 7.05. The minimum atomic E-state index is 0.132. The van der Waals surface area contributed by atoms with E-state index in [1.54, 1.807) is 25.6 Å². The predicted molar refractivity (Wildman–Crippen MR) is 119 cm³/mol. The lowest BCUT2D eigenvalue weighted by atomic mass is 10.1. The molecule has 0 unspecified atom stereocenters. The Balaban J connectivity index is 1.67. The van der Waals surface area contributed by atoms with Crippen molar-refractivity contribution in [2.75, 3.05) is 40.4 Å². The third-order valence-corrected chi connectivity index (χ3v) is 6.26. The summed E-state index contributed by atoms with van der Waals surface area (Å²) >= 11 is 1.58. The van der Waals surface area contributed by atoms with Crippen molar-refractivity contribution in [1.82, 2.24) is 15.2 Å². The molecule has 30 heavy (non-hydrogen) atoms. The fraction of sp³-hybridized carbons (Fsp3) is 0.304. The van der Waals surface area contributed by atoms with Crippen molar-refractivity contribution in [2.24, 2.45) is 0 Å². The molecule has 0 bridgehead atoms. The average molecular weight is 424 g/mol. The van der Waals surface area contributed by atoms with E-state index in [9.17, 15) is 4.79 Å². The highest BCUT2D eigenvalue weighted by Gasteiger charge is 2.21. The number of nitrogens with one attached hydrogen (secondary N) is 1. The summed E-state index contributed by atoms with van der Waals surface area (Å²) in [6, 6.07) is 15.8. The van der Waals surface area contributed by atoms with Gasteiger partial charge in [0.2, 0.25) is 5.91 Å². The fourth-order valence-electron chi connectivity index (χ4n) is 3.48. The number of rotatable bonds is 6. The lowest BCUT2D eigenvalue weighted by molar-refractivity contribution is -0.131. The summed E-state index contributed by atoms with van der Waals surface area (Å²) in [7, 11) is 3.31. The van der Waals surface area contributed by atoms with Crippen molar-refractivity contribution in [3.63, 3.8) is 0 Å². The fourth-order valence-corrected chi connectivity index (χ4v) is 4.56. The molecule has 0 saturated carbocycles. The first-order valence-electron chi connectivity index (χ1n) is 9.95. The molecule has 0 atom stereocenters. The number of hydrogen-bond acceptors (Lipinski definition) is 6. The van der Waals surface area contributed by atoms with Crippen molar-refractivity contribution in [1.29, 1.82) is 0 Å². The minimum Gasteiger partial charge on any atom is -0.497 e. The van der Waals surface area contributed by atoms with E-state index in [0.29, 0.717) is 6.42 Å². The Hall–Kier alpha value is -2.90. The number of piperazine rings is 1. The molecule has 3 aromatic rings.